The molecule has 0 aliphatic carbocycles. The molecule has 0 rings (SSSR count). The molecule has 0 aliphatic rings. The molecule has 0 fully saturated rings. The Morgan fingerprint density at radius 2 is 1.24 bits per heavy atom. The van der Waals surface area contributed by atoms with Gasteiger partial charge in [0.05, 0.1) is 20.3 Å². The number of rotatable bonds is 22. The number of thioether (sulfide) groups is 2. The van der Waals surface area contributed by atoms with E-state index in [0.29, 0.717) is 16.9 Å². The minimum atomic E-state index is -0.101. The number of ether oxygens (including phenoxy) is 1. The highest BCUT2D eigenvalue weighted by Gasteiger charge is 2.13. The highest BCUT2D eigenvalue weighted by molar-refractivity contribution is 8.00. The lowest BCUT2D eigenvalue weighted by Crippen LogP contribution is -2.09. The largest absolute Gasteiger partial charge is 0.469 e. The molecule has 0 saturated carbocycles. The van der Waals surface area contributed by atoms with Gasteiger partial charge < -0.3 is 14.9 Å². The molecule has 0 heterocycles. The first-order valence-corrected chi connectivity index (χ1v) is 13.8. The standard InChI is InChI=1S/C23H46O4S2/c1-3-4-8-12-21(28-19-17-24)14-11-15-22(29-20-18-25)13-9-6-5-7-10-16-23(26)27-2/h21-22,24-25H,3-20H2,1-2H3. The fraction of sp³-hybridized carbons (Fsp3) is 0.957. The van der Waals surface area contributed by atoms with E-state index in [9.17, 15) is 9.90 Å². The molecule has 0 bridgehead atoms. The van der Waals surface area contributed by atoms with Crippen LogP contribution in [0.1, 0.15) is 96.8 Å². The monoisotopic (exact) mass is 450 g/mol. The van der Waals surface area contributed by atoms with Gasteiger partial charge in [0.15, 0.2) is 0 Å². The van der Waals surface area contributed by atoms with Gasteiger partial charge in [-0.05, 0) is 32.1 Å². The topological polar surface area (TPSA) is 66.8 Å². The molecule has 0 spiro atoms. The summed E-state index contributed by atoms with van der Waals surface area (Å²) in [7, 11) is 1.45. The fourth-order valence-corrected chi connectivity index (χ4v) is 5.74. The van der Waals surface area contributed by atoms with Crippen LogP contribution in [0.5, 0.6) is 0 Å². The predicted octanol–water partition coefficient (Wildman–Crippen LogP) is 5.83. The number of carbonyl (C=O) groups is 1. The summed E-state index contributed by atoms with van der Waals surface area (Å²) in [6.07, 6.45) is 16.3. The molecule has 0 aromatic carbocycles. The van der Waals surface area contributed by atoms with E-state index in [1.165, 1.54) is 77.7 Å². The van der Waals surface area contributed by atoms with Gasteiger partial charge in [0.2, 0.25) is 0 Å². The SMILES string of the molecule is CCCCCC(CCCC(CCCCCCCC(=O)OC)SCCO)SCCO. The Hall–Kier alpha value is 0.0900. The molecule has 0 amide bonds. The lowest BCUT2D eigenvalue weighted by molar-refractivity contribution is -0.140. The Balaban J connectivity index is 4.03. The summed E-state index contributed by atoms with van der Waals surface area (Å²) in [5.74, 6) is 1.59. The van der Waals surface area contributed by atoms with Crippen molar-refractivity contribution in [1.29, 1.82) is 0 Å². The van der Waals surface area contributed by atoms with Crippen molar-refractivity contribution in [2.24, 2.45) is 0 Å². The van der Waals surface area contributed by atoms with Gasteiger partial charge in [-0.1, -0.05) is 58.3 Å². The molecule has 0 saturated heterocycles. The van der Waals surface area contributed by atoms with Crippen molar-refractivity contribution in [3.63, 3.8) is 0 Å². The minimum Gasteiger partial charge on any atom is -0.469 e. The minimum absolute atomic E-state index is 0.101. The maximum absolute atomic E-state index is 11.1. The van der Waals surface area contributed by atoms with Crippen LogP contribution in [0.15, 0.2) is 0 Å². The number of unbranched alkanes of at least 4 members (excludes halogenated alkanes) is 6. The van der Waals surface area contributed by atoms with Crippen molar-refractivity contribution >= 4 is 29.5 Å². The zero-order valence-corrected chi connectivity index (χ0v) is 20.5. The molecule has 0 aromatic heterocycles. The number of aliphatic hydroxyl groups excluding tert-OH is 2. The normalized spacial score (nSPS) is 13.4. The van der Waals surface area contributed by atoms with Crippen LogP contribution in [0.2, 0.25) is 0 Å². The second-order valence-corrected chi connectivity index (χ2v) is 10.6. The summed E-state index contributed by atoms with van der Waals surface area (Å²) in [6.45, 7) is 2.79. The average Bonchev–Trinajstić information content (AvgIpc) is 2.73. The number of carbonyl (C=O) groups excluding carboxylic acids is 1. The average molecular weight is 451 g/mol. The van der Waals surface area contributed by atoms with Crippen LogP contribution >= 0.6 is 23.5 Å². The third-order valence-corrected chi connectivity index (χ3v) is 7.93. The van der Waals surface area contributed by atoms with E-state index in [1.807, 2.05) is 23.5 Å². The first kappa shape index (κ1) is 29.1. The van der Waals surface area contributed by atoms with E-state index >= 15 is 0 Å². The molecule has 4 nitrogen and oxygen atoms in total. The Labute approximate surface area is 188 Å². The van der Waals surface area contributed by atoms with Gasteiger partial charge in [0.1, 0.15) is 0 Å². The maximum atomic E-state index is 11.1. The Bertz CT molecular complexity index is 356. The van der Waals surface area contributed by atoms with Crippen molar-refractivity contribution < 1.29 is 19.7 Å². The van der Waals surface area contributed by atoms with Crippen LogP contribution in [0.25, 0.3) is 0 Å². The summed E-state index contributed by atoms with van der Waals surface area (Å²) >= 11 is 3.87. The smallest absolute Gasteiger partial charge is 0.305 e. The van der Waals surface area contributed by atoms with Gasteiger partial charge in [-0.25, -0.2) is 0 Å². The van der Waals surface area contributed by atoms with Crippen molar-refractivity contribution in [3.05, 3.63) is 0 Å². The molecular formula is C23H46O4S2. The van der Waals surface area contributed by atoms with E-state index in [2.05, 4.69) is 11.7 Å². The van der Waals surface area contributed by atoms with Crippen LogP contribution in [0, 0.1) is 0 Å². The van der Waals surface area contributed by atoms with Crippen LogP contribution < -0.4 is 0 Å². The Morgan fingerprint density at radius 1 is 0.759 bits per heavy atom. The predicted molar refractivity (Wildman–Crippen MR) is 129 cm³/mol. The quantitative estimate of drug-likeness (QED) is 0.160. The van der Waals surface area contributed by atoms with Crippen LogP contribution in [0.3, 0.4) is 0 Å². The molecular weight excluding hydrogens is 404 g/mol. The maximum Gasteiger partial charge on any atom is 0.305 e. The van der Waals surface area contributed by atoms with Gasteiger partial charge in [-0.2, -0.15) is 23.5 Å². The van der Waals surface area contributed by atoms with Gasteiger partial charge >= 0.3 is 5.97 Å². The number of esters is 1. The van der Waals surface area contributed by atoms with Crippen molar-refractivity contribution in [2.75, 3.05) is 31.8 Å². The summed E-state index contributed by atoms with van der Waals surface area (Å²) in [6, 6.07) is 0. The molecule has 2 atom stereocenters. The molecule has 29 heavy (non-hydrogen) atoms. The van der Waals surface area contributed by atoms with Crippen LogP contribution in [-0.4, -0.2) is 58.5 Å². The lowest BCUT2D eigenvalue weighted by Gasteiger charge is -2.19. The van der Waals surface area contributed by atoms with Gasteiger partial charge in [-0.15, -0.1) is 0 Å². The van der Waals surface area contributed by atoms with E-state index in [1.54, 1.807) is 0 Å². The van der Waals surface area contributed by atoms with Crippen LogP contribution in [0.4, 0.5) is 0 Å². The van der Waals surface area contributed by atoms with Crippen LogP contribution in [-0.2, 0) is 9.53 Å². The summed E-state index contributed by atoms with van der Waals surface area (Å²) in [5, 5.41) is 19.7. The van der Waals surface area contributed by atoms with Gasteiger partial charge in [0, 0.05) is 28.4 Å². The Morgan fingerprint density at radius 3 is 1.76 bits per heavy atom. The van der Waals surface area contributed by atoms with Crippen molar-refractivity contribution in [2.45, 2.75) is 107 Å². The zero-order chi connectivity index (χ0) is 21.6. The molecule has 174 valence electrons. The second-order valence-electron chi connectivity index (χ2n) is 7.74. The van der Waals surface area contributed by atoms with Crippen molar-refractivity contribution in [3.8, 4) is 0 Å². The molecule has 0 radical (unpaired) electrons. The number of methoxy groups -OCH3 is 1. The van der Waals surface area contributed by atoms with E-state index in [0.717, 1.165) is 24.3 Å². The molecule has 2 unspecified atom stereocenters. The van der Waals surface area contributed by atoms with E-state index in [4.69, 9.17) is 5.11 Å². The molecule has 2 N–H and O–H groups in total. The molecule has 0 aliphatic heterocycles. The van der Waals surface area contributed by atoms with Gasteiger partial charge in [0.25, 0.3) is 0 Å². The van der Waals surface area contributed by atoms with E-state index < -0.39 is 0 Å². The van der Waals surface area contributed by atoms with Crippen molar-refractivity contribution in [1.82, 2.24) is 0 Å². The second kappa shape index (κ2) is 22.8. The van der Waals surface area contributed by atoms with Gasteiger partial charge in [-0.3, -0.25) is 4.79 Å². The van der Waals surface area contributed by atoms with E-state index in [-0.39, 0.29) is 19.2 Å². The third kappa shape index (κ3) is 19.8. The highest BCUT2D eigenvalue weighted by Crippen LogP contribution is 2.27. The number of hydrogen-bond acceptors (Lipinski definition) is 6. The first-order valence-electron chi connectivity index (χ1n) is 11.7. The summed E-state index contributed by atoms with van der Waals surface area (Å²) < 4.78 is 4.67. The number of hydrogen-bond donors (Lipinski definition) is 2. The Kier molecular flexibility index (Phi) is 22.8. The third-order valence-electron chi connectivity index (χ3n) is 5.21. The zero-order valence-electron chi connectivity index (χ0n) is 18.9. The molecule has 0 aromatic rings. The fourth-order valence-electron chi connectivity index (χ4n) is 3.53. The first-order chi connectivity index (χ1) is 14.2. The summed E-state index contributed by atoms with van der Waals surface area (Å²) in [4.78, 5) is 11.1. The number of aliphatic hydroxyl groups is 2. The highest BCUT2D eigenvalue weighted by atomic mass is 32.2. The molecule has 6 heteroatoms. The summed E-state index contributed by atoms with van der Waals surface area (Å²) in [5.41, 5.74) is 0. The lowest BCUT2D eigenvalue weighted by atomic mass is 10.0.